The third-order valence-corrected chi connectivity index (χ3v) is 3.04. The molecule has 0 bridgehead atoms. The Morgan fingerprint density at radius 1 is 1.10 bits per heavy atom. The van der Waals surface area contributed by atoms with Gasteiger partial charge in [0.15, 0.2) is 0 Å². The SMILES string of the molecule is CCC[NH+](CCC)CCOC(=O)c1ccc(N)cc1.[Cl-]. The van der Waals surface area contributed by atoms with E-state index < -0.39 is 0 Å². The summed E-state index contributed by atoms with van der Waals surface area (Å²) in [5.41, 5.74) is 6.79. The highest BCUT2D eigenvalue weighted by Crippen LogP contribution is 2.06. The molecule has 0 aliphatic heterocycles. The molecular weight excluding hydrogens is 276 g/mol. The Bertz CT molecular complexity index is 376. The first-order valence-corrected chi connectivity index (χ1v) is 7.03. The second-order valence-electron chi connectivity index (χ2n) is 4.76. The van der Waals surface area contributed by atoms with E-state index in [-0.39, 0.29) is 18.4 Å². The summed E-state index contributed by atoms with van der Waals surface area (Å²) in [6.45, 7) is 7.97. The van der Waals surface area contributed by atoms with Crippen LogP contribution in [0.25, 0.3) is 0 Å². The summed E-state index contributed by atoms with van der Waals surface area (Å²) < 4.78 is 5.29. The van der Waals surface area contributed by atoms with Gasteiger partial charge in [-0.3, -0.25) is 0 Å². The molecule has 0 spiro atoms. The van der Waals surface area contributed by atoms with Gasteiger partial charge in [-0.15, -0.1) is 0 Å². The van der Waals surface area contributed by atoms with Crippen LogP contribution in [0.5, 0.6) is 0 Å². The normalized spacial score (nSPS) is 10.2. The minimum absolute atomic E-state index is 0. The van der Waals surface area contributed by atoms with Gasteiger partial charge in [-0.1, -0.05) is 13.8 Å². The molecule has 20 heavy (non-hydrogen) atoms. The number of hydrogen-bond donors (Lipinski definition) is 2. The zero-order valence-corrected chi connectivity index (χ0v) is 13.1. The molecule has 0 fully saturated rings. The number of nitrogens with one attached hydrogen (secondary N) is 1. The number of halogens is 1. The van der Waals surface area contributed by atoms with Crippen molar-refractivity contribution >= 4 is 11.7 Å². The Kier molecular flexibility index (Phi) is 9.86. The molecule has 1 rings (SSSR count). The monoisotopic (exact) mass is 300 g/mol. The van der Waals surface area contributed by atoms with Crippen molar-refractivity contribution in [1.29, 1.82) is 0 Å². The van der Waals surface area contributed by atoms with E-state index in [1.54, 1.807) is 24.3 Å². The molecule has 3 N–H and O–H groups in total. The lowest BCUT2D eigenvalue weighted by atomic mass is 10.2. The number of nitrogen functional groups attached to an aromatic ring is 1. The molecule has 0 saturated heterocycles. The lowest BCUT2D eigenvalue weighted by molar-refractivity contribution is -0.900. The molecule has 114 valence electrons. The largest absolute Gasteiger partial charge is 1.00 e. The number of anilines is 1. The van der Waals surface area contributed by atoms with E-state index in [9.17, 15) is 4.79 Å². The van der Waals surface area contributed by atoms with Crippen molar-refractivity contribution < 1.29 is 26.8 Å². The third-order valence-electron chi connectivity index (χ3n) is 3.04. The molecule has 0 aromatic heterocycles. The zero-order valence-electron chi connectivity index (χ0n) is 12.3. The number of benzene rings is 1. The van der Waals surface area contributed by atoms with Gasteiger partial charge >= 0.3 is 5.97 Å². The summed E-state index contributed by atoms with van der Waals surface area (Å²) in [4.78, 5) is 13.3. The predicted molar refractivity (Wildman–Crippen MR) is 77.3 cm³/mol. The lowest BCUT2D eigenvalue weighted by Crippen LogP contribution is -3.12. The smallest absolute Gasteiger partial charge is 0.338 e. The molecule has 1 aromatic rings. The minimum Gasteiger partial charge on any atom is -1.00 e. The first-order valence-electron chi connectivity index (χ1n) is 7.03. The van der Waals surface area contributed by atoms with Gasteiger partial charge in [-0.05, 0) is 37.1 Å². The lowest BCUT2D eigenvalue weighted by Gasteiger charge is -2.17. The van der Waals surface area contributed by atoms with Crippen molar-refractivity contribution in [3.05, 3.63) is 29.8 Å². The maximum Gasteiger partial charge on any atom is 0.338 e. The van der Waals surface area contributed by atoms with E-state index >= 15 is 0 Å². The van der Waals surface area contributed by atoms with Crippen molar-refractivity contribution in [2.75, 3.05) is 32.0 Å². The topological polar surface area (TPSA) is 56.8 Å². The van der Waals surface area contributed by atoms with Gasteiger partial charge < -0.3 is 27.8 Å². The fourth-order valence-corrected chi connectivity index (χ4v) is 2.07. The van der Waals surface area contributed by atoms with E-state index in [4.69, 9.17) is 10.5 Å². The van der Waals surface area contributed by atoms with Crippen molar-refractivity contribution in [2.45, 2.75) is 26.7 Å². The van der Waals surface area contributed by atoms with Gasteiger partial charge in [-0.2, -0.15) is 0 Å². The quantitative estimate of drug-likeness (QED) is 0.437. The standard InChI is InChI=1S/C15H24N2O2.ClH/c1-3-9-17(10-4-2)11-12-19-15(18)13-5-7-14(16)8-6-13;/h5-8H,3-4,9-12,16H2,1-2H3;1H. The van der Waals surface area contributed by atoms with Crippen molar-refractivity contribution in [3.63, 3.8) is 0 Å². The second kappa shape index (κ2) is 10.5. The van der Waals surface area contributed by atoms with E-state index in [1.807, 2.05) is 0 Å². The maximum atomic E-state index is 11.8. The highest BCUT2D eigenvalue weighted by molar-refractivity contribution is 5.89. The number of ether oxygens (including phenoxy) is 1. The highest BCUT2D eigenvalue weighted by Gasteiger charge is 2.10. The minimum atomic E-state index is -0.271. The Hall–Kier alpha value is -1.26. The van der Waals surface area contributed by atoms with Crippen LogP contribution < -0.4 is 23.0 Å². The number of nitrogens with two attached hydrogens (primary N) is 1. The number of hydrogen-bond acceptors (Lipinski definition) is 3. The third kappa shape index (κ3) is 6.78. The molecule has 0 radical (unpaired) electrons. The number of quaternary nitrogens is 1. The van der Waals surface area contributed by atoms with Gasteiger partial charge in [0, 0.05) is 5.69 Å². The molecular formula is C15H25ClN2O2. The van der Waals surface area contributed by atoms with E-state index in [0.717, 1.165) is 32.5 Å². The molecule has 0 unspecified atom stereocenters. The van der Waals surface area contributed by atoms with Crippen LogP contribution in [0.3, 0.4) is 0 Å². The number of esters is 1. The zero-order chi connectivity index (χ0) is 14.1. The summed E-state index contributed by atoms with van der Waals surface area (Å²) in [6.07, 6.45) is 2.31. The van der Waals surface area contributed by atoms with Crippen LogP contribution >= 0.6 is 0 Å². The maximum absolute atomic E-state index is 11.8. The molecule has 5 heteroatoms. The van der Waals surface area contributed by atoms with Crippen molar-refractivity contribution in [1.82, 2.24) is 0 Å². The molecule has 1 aromatic carbocycles. The van der Waals surface area contributed by atoms with E-state index in [1.165, 1.54) is 4.90 Å². The van der Waals surface area contributed by atoms with Gasteiger partial charge in [0.25, 0.3) is 0 Å². The van der Waals surface area contributed by atoms with Crippen molar-refractivity contribution in [3.8, 4) is 0 Å². The molecule has 0 amide bonds. The second-order valence-corrected chi connectivity index (χ2v) is 4.76. The van der Waals surface area contributed by atoms with Crippen LogP contribution in [0, 0.1) is 0 Å². The Labute approximate surface area is 127 Å². The van der Waals surface area contributed by atoms with Crippen LogP contribution in [-0.2, 0) is 4.74 Å². The molecule has 0 heterocycles. The van der Waals surface area contributed by atoms with E-state index in [0.29, 0.717) is 17.9 Å². The summed E-state index contributed by atoms with van der Waals surface area (Å²) in [7, 11) is 0. The summed E-state index contributed by atoms with van der Waals surface area (Å²) >= 11 is 0. The van der Waals surface area contributed by atoms with E-state index in [2.05, 4.69) is 13.8 Å². The van der Waals surface area contributed by atoms with Crippen molar-refractivity contribution in [2.24, 2.45) is 0 Å². The summed E-state index contributed by atoms with van der Waals surface area (Å²) in [5.74, 6) is -0.271. The molecule has 0 aliphatic rings. The molecule has 0 atom stereocenters. The molecule has 4 nitrogen and oxygen atoms in total. The number of carbonyl (C=O) groups excluding carboxylic acids is 1. The van der Waals surface area contributed by atoms with Crippen LogP contribution in [0.2, 0.25) is 0 Å². The fraction of sp³-hybridized carbons (Fsp3) is 0.533. The molecule has 0 saturated carbocycles. The Balaban J connectivity index is 0.00000361. The number of carbonyl (C=O) groups is 1. The fourth-order valence-electron chi connectivity index (χ4n) is 2.07. The Morgan fingerprint density at radius 2 is 1.65 bits per heavy atom. The Morgan fingerprint density at radius 3 is 2.15 bits per heavy atom. The van der Waals surface area contributed by atoms with Crippen LogP contribution in [0.15, 0.2) is 24.3 Å². The first-order chi connectivity index (χ1) is 9.17. The molecule has 0 aliphatic carbocycles. The van der Waals surface area contributed by atoms with Crippen LogP contribution in [0.1, 0.15) is 37.0 Å². The van der Waals surface area contributed by atoms with Gasteiger partial charge in [0.2, 0.25) is 0 Å². The van der Waals surface area contributed by atoms with Crippen LogP contribution in [-0.4, -0.2) is 32.2 Å². The van der Waals surface area contributed by atoms with Crippen LogP contribution in [0.4, 0.5) is 5.69 Å². The number of rotatable bonds is 8. The summed E-state index contributed by atoms with van der Waals surface area (Å²) in [6, 6.07) is 6.81. The highest BCUT2D eigenvalue weighted by atomic mass is 35.5. The average molecular weight is 301 g/mol. The van der Waals surface area contributed by atoms with Gasteiger partial charge in [0.1, 0.15) is 13.2 Å². The van der Waals surface area contributed by atoms with Gasteiger partial charge in [-0.25, -0.2) is 4.79 Å². The summed E-state index contributed by atoms with van der Waals surface area (Å²) in [5, 5.41) is 0. The first kappa shape index (κ1) is 18.7. The average Bonchev–Trinajstić information content (AvgIpc) is 2.40. The van der Waals surface area contributed by atoms with Gasteiger partial charge in [0.05, 0.1) is 18.7 Å². The predicted octanol–water partition coefficient (Wildman–Crippen LogP) is -1.87.